The van der Waals surface area contributed by atoms with Gasteiger partial charge in [-0.2, -0.15) is 0 Å². The summed E-state index contributed by atoms with van der Waals surface area (Å²) < 4.78 is 10.5. The summed E-state index contributed by atoms with van der Waals surface area (Å²) in [7, 11) is 3.64. The SMILES string of the molecule is CNCC1CCN(CC(O)COC(C)COC)C1. The van der Waals surface area contributed by atoms with Gasteiger partial charge in [-0.3, -0.25) is 0 Å². The molecule has 0 spiro atoms. The van der Waals surface area contributed by atoms with Gasteiger partial charge in [0.25, 0.3) is 0 Å². The molecule has 0 aromatic rings. The van der Waals surface area contributed by atoms with Crippen LogP contribution < -0.4 is 5.32 Å². The Morgan fingerprint density at radius 3 is 2.89 bits per heavy atom. The van der Waals surface area contributed by atoms with Crippen molar-refractivity contribution in [2.45, 2.75) is 25.6 Å². The molecule has 0 bridgehead atoms. The van der Waals surface area contributed by atoms with Crippen LogP contribution in [0.25, 0.3) is 0 Å². The summed E-state index contributed by atoms with van der Waals surface area (Å²) in [6.45, 7) is 6.84. The van der Waals surface area contributed by atoms with Gasteiger partial charge in [0.1, 0.15) is 0 Å². The zero-order chi connectivity index (χ0) is 13.4. The van der Waals surface area contributed by atoms with Crippen LogP contribution in [0.15, 0.2) is 0 Å². The normalized spacial score (nSPS) is 24.3. The molecule has 0 aromatic heterocycles. The molecule has 108 valence electrons. The molecule has 1 rings (SSSR count). The fourth-order valence-electron chi connectivity index (χ4n) is 2.44. The second-order valence-corrected chi connectivity index (χ2v) is 5.23. The molecule has 18 heavy (non-hydrogen) atoms. The fourth-order valence-corrected chi connectivity index (χ4v) is 2.44. The number of hydrogen-bond donors (Lipinski definition) is 2. The predicted octanol–water partition coefficient (Wildman–Crippen LogP) is -0.0599. The van der Waals surface area contributed by atoms with Gasteiger partial charge < -0.3 is 24.8 Å². The van der Waals surface area contributed by atoms with E-state index in [1.807, 2.05) is 14.0 Å². The average Bonchev–Trinajstić information content (AvgIpc) is 2.75. The minimum atomic E-state index is -0.405. The van der Waals surface area contributed by atoms with Crippen LogP contribution in [-0.2, 0) is 9.47 Å². The summed E-state index contributed by atoms with van der Waals surface area (Å²) in [5.74, 6) is 0.718. The number of β-amino-alcohol motifs (C(OH)–C–C–N with tert-alkyl or cyclic N) is 1. The van der Waals surface area contributed by atoms with Crippen LogP contribution in [0.3, 0.4) is 0 Å². The van der Waals surface area contributed by atoms with E-state index < -0.39 is 6.10 Å². The number of methoxy groups -OCH3 is 1. The Labute approximate surface area is 110 Å². The smallest absolute Gasteiger partial charge is 0.0900 e. The van der Waals surface area contributed by atoms with Gasteiger partial charge in [-0.05, 0) is 39.4 Å². The molecular formula is C13H28N2O3. The third kappa shape index (κ3) is 6.11. The van der Waals surface area contributed by atoms with Crippen molar-refractivity contribution in [2.24, 2.45) is 5.92 Å². The van der Waals surface area contributed by atoms with Crippen LogP contribution >= 0.6 is 0 Å². The molecule has 5 nitrogen and oxygen atoms in total. The topological polar surface area (TPSA) is 54.0 Å². The lowest BCUT2D eigenvalue weighted by atomic mass is 10.1. The second-order valence-electron chi connectivity index (χ2n) is 5.23. The minimum absolute atomic E-state index is 0.0419. The van der Waals surface area contributed by atoms with Crippen LogP contribution in [0.1, 0.15) is 13.3 Å². The highest BCUT2D eigenvalue weighted by Crippen LogP contribution is 2.15. The maximum Gasteiger partial charge on any atom is 0.0900 e. The zero-order valence-corrected chi connectivity index (χ0v) is 11.9. The van der Waals surface area contributed by atoms with E-state index in [0.717, 1.165) is 25.6 Å². The molecule has 0 amide bonds. The molecule has 1 saturated heterocycles. The first-order valence-corrected chi connectivity index (χ1v) is 6.81. The number of ether oxygens (including phenoxy) is 2. The minimum Gasteiger partial charge on any atom is -0.389 e. The quantitative estimate of drug-likeness (QED) is 0.608. The third-order valence-corrected chi connectivity index (χ3v) is 3.31. The summed E-state index contributed by atoms with van der Waals surface area (Å²) in [5.41, 5.74) is 0. The number of aliphatic hydroxyl groups is 1. The van der Waals surface area contributed by atoms with Crippen molar-refractivity contribution in [1.29, 1.82) is 0 Å². The molecular weight excluding hydrogens is 232 g/mol. The van der Waals surface area contributed by atoms with Gasteiger partial charge in [0.2, 0.25) is 0 Å². The fraction of sp³-hybridized carbons (Fsp3) is 1.00. The van der Waals surface area contributed by atoms with Gasteiger partial charge in [0.05, 0.1) is 25.4 Å². The van der Waals surface area contributed by atoms with Gasteiger partial charge in [-0.25, -0.2) is 0 Å². The number of rotatable bonds is 9. The van der Waals surface area contributed by atoms with Gasteiger partial charge in [-0.15, -0.1) is 0 Å². The first-order chi connectivity index (χ1) is 8.65. The summed E-state index contributed by atoms with van der Waals surface area (Å²) in [6, 6.07) is 0. The van der Waals surface area contributed by atoms with E-state index in [4.69, 9.17) is 9.47 Å². The van der Waals surface area contributed by atoms with Gasteiger partial charge in [0, 0.05) is 20.2 Å². The van der Waals surface area contributed by atoms with Crippen molar-refractivity contribution < 1.29 is 14.6 Å². The standard InChI is InChI=1S/C13H28N2O3/c1-11(9-17-3)18-10-13(16)8-15-5-4-12(7-15)6-14-2/h11-14,16H,4-10H2,1-3H3. The van der Waals surface area contributed by atoms with E-state index in [9.17, 15) is 5.11 Å². The molecule has 1 fully saturated rings. The van der Waals surface area contributed by atoms with E-state index in [1.54, 1.807) is 7.11 Å². The lowest BCUT2D eigenvalue weighted by Gasteiger charge is -2.21. The maximum absolute atomic E-state index is 9.92. The van der Waals surface area contributed by atoms with E-state index in [1.165, 1.54) is 6.42 Å². The van der Waals surface area contributed by atoms with E-state index in [0.29, 0.717) is 19.8 Å². The molecule has 1 aliphatic rings. The maximum atomic E-state index is 9.92. The van der Waals surface area contributed by atoms with Crippen molar-refractivity contribution in [3.05, 3.63) is 0 Å². The van der Waals surface area contributed by atoms with Gasteiger partial charge >= 0.3 is 0 Å². The molecule has 0 saturated carbocycles. The van der Waals surface area contributed by atoms with E-state index in [2.05, 4.69) is 10.2 Å². The Kier molecular flexibility index (Phi) is 7.77. The molecule has 2 N–H and O–H groups in total. The number of nitrogens with zero attached hydrogens (tertiary/aromatic N) is 1. The van der Waals surface area contributed by atoms with Crippen LogP contribution in [0.5, 0.6) is 0 Å². The van der Waals surface area contributed by atoms with Gasteiger partial charge in [-0.1, -0.05) is 0 Å². The predicted molar refractivity (Wildman–Crippen MR) is 71.8 cm³/mol. The highest BCUT2D eigenvalue weighted by Gasteiger charge is 2.23. The highest BCUT2D eigenvalue weighted by atomic mass is 16.5. The summed E-state index contributed by atoms with van der Waals surface area (Å²) in [4.78, 5) is 2.32. The molecule has 1 heterocycles. The van der Waals surface area contributed by atoms with E-state index in [-0.39, 0.29) is 6.10 Å². The largest absolute Gasteiger partial charge is 0.389 e. The summed E-state index contributed by atoms with van der Waals surface area (Å²) in [6.07, 6.45) is 0.854. The first-order valence-electron chi connectivity index (χ1n) is 6.81. The Hall–Kier alpha value is -0.200. The number of likely N-dealkylation sites (tertiary alicyclic amines) is 1. The monoisotopic (exact) mass is 260 g/mol. The Morgan fingerprint density at radius 1 is 1.44 bits per heavy atom. The van der Waals surface area contributed by atoms with Crippen LogP contribution in [0.4, 0.5) is 0 Å². The number of hydrogen-bond acceptors (Lipinski definition) is 5. The average molecular weight is 260 g/mol. The Morgan fingerprint density at radius 2 is 2.22 bits per heavy atom. The summed E-state index contributed by atoms with van der Waals surface area (Å²) >= 11 is 0. The van der Waals surface area contributed by atoms with Gasteiger partial charge in [0.15, 0.2) is 0 Å². The van der Waals surface area contributed by atoms with Crippen molar-refractivity contribution in [1.82, 2.24) is 10.2 Å². The number of aliphatic hydroxyl groups excluding tert-OH is 1. The Bertz CT molecular complexity index is 216. The lowest BCUT2D eigenvalue weighted by molar-refractivity contribution is -0.0384. The second kappa shape index (κ2) is 8.82. The number of nitrogens with one attached hydrogen (secondary N) is 1. The van der Waals surface area contributed by atoms with Crippen molar-refractivity contribution in [2.75, 3.05) is 53.6 Å². The van der Waals surface area contributed by atoms with Crippen LogP contribution in [-0.4, -0.2) is 75.8 Å². The molecule has 0 aromatic carbocycles. The molecule has 3 unspecified atom stereocenters. The van der Waals surface area contributed by atoms with E-state index >= 15 is 0 Å². The van der Waals surface area contributed by atoms with Crippen molar-refractivity contribution in [3.8, 4) is 0 Å². The van der Waals surface area contributed by atoms with Crippen LogP contribution in [0.2, 0.25) is 0 Å². The lowest BCUT2D eigenvalue weighted by Crippen LogP contribution is -2.35. The van der Waals surface area contributed by atoms with Crippen LogP contribution in [0, 0.1) is 5.92 Å². The zero-order valence-electron chi connectivity index (χ0n) is 11.9. The molecule has 0 aliphatic carbocycles. The van der Waals surface area contributed by atoms with Crippen molar-refractivity contribution >= 4 is 0 Å². The Balaban J connectivity index is 2.11. The summed E-state index contributed by atoms with van der Waals surface area (Å²) in [5, 5.41) is 13.1. The molecule has 3 atom stereocenters. The molecule has 5 heteroatoms. The van der Waals surface area contributed by atoms with Crippen molar-refractivity contribution in [3.63, 3.8) is 0 Å². The highest BCUT2D eigenvalue weighted by molar-refractivity contribution is 4.78. The first kappa shape index (κ1) is 15.9. The molecule has 1 aliphatic heterocycles. The molecule has 0 radical (unpaired) electrons. The third-order valence-electron chi connectivity index (χ3n) is 3.31.